The van der Waals surface area contributed by atoms with Gasteiger partial charge in [-0.3, -0.25) is 0 Å². The Labute approximate surface area is 88.6 Å². The molecule has 1 N–H and O–H groups in total. The fourth-order valence-electron chi connectivity index (χ4n) is 0.975. The lowest BCUT2D eigenvalue weighted by Crippen LogP contribution is -1.96. The molecule has 2 nitrogen and oxygen atoms in total. The predicted octanol–water partition coefficient (Wildman–Crippen LogP) is 3.04. The highest BCUT2D eigenvalue weighted by Crippen LogP contribution is 2.27. The third-order valence-corrected chi connectivity index (χ3v) is 1.97. The number of ether oxygens (including phenoxy) is 1. The maximum Gasteiger partial charge on any atom is 0.138 e. The summed E-state index contributed by atoms with van der Waals surface area (Å²) in [6.07, 6.45) is 0. The SMILES string of the molecule is CCOc1ccc(NCS)cc1Cl. The molecule has 0 bridgehead atoms. The Bertz CT molecular complexity index is 280. The Morgan fingerprint density at radius 2 is 2.31 bits per heavy atom. The van der Waals surface area contributed by atoms with E-state index in [2.05, 4.69) is 17.9 Å². The second kappa shape index (κ2) is 5.25. The Balaban J connectivity index is 2.79. The molecule has 0 saturated heterocycles. The number of anilines is 1. The van der Waals surface area contributed by atoms with E-state index in [0.29, 0.717) is 23.3 Å². The quantitative estimate of drug-likeness (QED) is 0.598. The lowest BCUT2D eigenvalue weighted by molar-refractivity contribution is 0.340. The zero-order chi connectivity index (χ0) is 9.68. The first-order chi connectivity index (χ1) is 6.27. The molecule has 1 aromatic carbocycles. The van der Waals surface area contributed by atoms with Crippen LogP contribution in [0.25, 0.3) is 0 Å². The van der Waals surface area contributed by atoms with Crippen LogP contribution in [-0.2, 0) is 0 Å². The summed E-state index contributed by atoms with van der Waals surface area (Å²) in [6, 6.07) is 5.58. The van der Waals surface area contributed by atoms with Crippen LogP contribution in [0.2, 0.25) is 5.02 Å². The highest BCUT2D eigenvalue weighted by Gasteiger charge is 2.00. The normalized spacial score (nSPS) is 9.77. The Morgan fingerprint density at radius 1 is 1.54 bits per heavy atom. The Morgan fingerprint density at radius 3 is 2.85 bits per heavy atom. The third-order valence-electron chi connectivity index (χ3n) is 1.51. The number of nitrogens with one attached hydrogen (secondary N) is 1. The van der Waals surface area contributed by atoms with Gasteiger partial charge in [0.1, 0.15) is 5.75 Å². The predicted molar refractivity (Wildman–Crippen MR) is 60.1 cm³/mol. The van der Waals surface area contributed by atoms with Gasteiger partial charge in [-0.05, 0) is 25.1 Å². The van der Waals surface area contributed by atoms with Crippen molar-refractivity contribution in [1.29, 1.82) is 0 Å². The average molecular weight is 218 g/mol. The van der Waals surface area contributed by atoms with Crippen molar-refractivity contribution in [2.75, 3.05) is 17.8 Å². The van der Waals surface area contributed by atoms with Crippen LogP contribution in [0.15, 0.2) is 18.2 Å². The molecule has 0 fully saturated rings. The van der Waals surface area contributed by atoms with Gasteiger partial charge in [0.15, 0.2) is 0 Å². The summed E-state index contributed by atoms with van der Waals surface area (Å²) in [7, 11) is 0. The molecule has 0 aromatic heterocycles. The fraction of sp³-hybridized carbons (Fsp3) is 0.333. The summed E-state index contributed by atoms with van der Waals surface area (Å²) in [5.74, 6) is 1.30. The molecule has 0 unspecified atom stereocenters. The van der Waals surface area contributed by atoms with Crippen LogP contribution < -0.4 is 10.1 Å². The van der Waals surface area contributed by atoms with Gasteiger partial charge in [0.25, 0.3) is 0 Å². The molecule has 0 saturated carbocycles. The van der Waals surface area contributed by atoms with Crippen LogP contribution in [0.5, 0.6) is 5.75 Å². The zero-order valence-electron chi connectivity index (χ0n) is 7.38. The zero-order valence-corrected chi connectivity index (χ0v) is 9.03. The second-order valence-corrected chi connectivity index (χ2v) is 3.14. The van der Waals surface area contributed by atoms with E-state index in [1.165, 1.54) is 0 Å². The summed E-state index contributed by atoms with van der Waals surface area (Å²) in [4.78, 5) is 0. The molecule has 0 amide bonds. The van der Waals surface area contributed by atoms with Crippen LogP contribution in [0.4, 0.5) is 5.69 Å². The van der Waals surface area contributed by atoms with Crippen molar-refractivity contribution >= 4 is 29.9 Å². The molecule has 1 aromatic rings. The van der Waals surface area contributed by atoms with E-state index in [1.54, 1.807) is 0 Å². The van der Waals surface area contributed by atoms with Crippen molar-refractivity contribution in [3.05, 3.63) is 23.2 Å². The number of halogens is 1. The number of thiol groups is 1. The van der Waals surface area contributed by atoms with E-state index in [0.717, 1.165) is 5.69 Å². The van der Waals surface area contributed by atoms with Crippen molar-refractivity contribution in [1.82, 2.24) is 0 Å². The summed E-state index contributed by atoms with van der Waals surface area (Å²) in [6.45, 7) is 2.55. The first kappa shape index (κ1) is 10.5. The van der Waals surface area contributed by atoms with E-state index in [4.69, 9.17) is 16.3 Å². The molecule has 1 rings (SSSR count). The molecule has 0 aliphatic rings. The van der Waals surface area contributed by atoms with Gasteiger partial charge >= 0.3 is 0 Å². The first-order valence-electron chi connectivity index (χ1n) is 4.05. The van der Waals surface area contributed by atoms with Crippen LogP contribution in [0.1, 0.15) is 6.92 Å². The smallest absolute Gasteiger partial charge is 0.138 e. The van der Waals surface area contributed by atoms with Gasteiger partial charge < -0.3 is 10.1 Å². The van der Waals surface area contributed by atoms with E-state index in [1.807, 2.05) is 25.1 Å². The summed E-state index contributed by atoms with van der Waals surface area (Å²) < 4.78 is 5.29. The maximum absolute atomic E-state index is 5.95. The monoisotopic (exact) mass is 217 g/mol. The fourth-order valence-corrected chi connectivity index (χ4v) is 1.39. The van der Waals surface area contributed by atoms with Gasteiger partial charge in [0.2, 0.25) is 0 Å². The highest BCUT2D eigenvalue weighted by molar-refractivity contribution is 7.80. The van der Waals surface area contributed by atoms with Crippen LogP contribution >= 0.6 is 24.2 Å². The maximum atomic E-state index is 5.95. The lowest BCUT2D eigenvalue weighted by Gasteiger charge is -2.07. The van der Waals surface area contributed by atoms with Crippen molar-refractivity contribution in [2.24, 2.45) is 0 Å². The molecule has 0 atom stereocenters. The molecule has 4 heteroatoms. The topological polar surface area (TPSA) is 21.3 Å². The number of rotatable bonds is 4. The molecular formula is C9H12ClNOS. The molecule has 72 valence electrons. The van der Waals surface area contributed by atoms with Crippen molar-refractivity contribution in [3.63, 3.8) is 0 Å². The first-order valence-corrected chi connectivity index (χ1v) is 5.06. The number of hydrogen-bond donors (Lipinski definition) is 2. The van der Waals surface area contributed by atoms with Crippen molar-refractivity contribution in [3.8, 4) is 5.75 Å². The molecule has 0 spiro atoms. The minimum atomic E-state index is 0.588. The van der Waals surface area contributed by atoms with Gasteiger partial charge in [0, 0.05) is 5.69 Å². The van der Waals surface area contributed by atoms with Crippen LogP contribution in [0, 0.1) is 0 Å². The van der Waals surface area contributed by atoms with Crippen molar-refractivity contribution in [2.45, 2.75) is 6.92 Å². The minimum absolute atomic E-state index is 0.588. The van der Waals surface area contributed by atoms with E-state index in [9.17, 15) is 0 Å². The molecule has 13 heavy (non-hydrogen) atoms. The van der Waals surface area contributed by atoms with Gasteiger partial charge in [-0.25, -0.2) is 0 Å². The second-order valence-electron chi connectivity index (χ2n) is 2.41. The van der Waals surface area contributed by atoms with Crippen LogP contribution in [-0.4, -0.2) is 12.5 Å². The molecule has 0 heterocycles. The van der Waals surface area contributed by atoms with Gasteiger partial charge in [-0.1, -0.05) is 11.6 Å². The summed E-state index contributed by atoms with van der Waals surface area (Å²) in [5, 5.41) is 3.66. The Hall–Kier alpha value is -0.540. The summed E-state index contributed by atoms with van der Waals surface area (Å²) in [5.41, 5.74) is 0.948. The van der Waals surface area contributed by atoms with E-state index in [-0.39, 0.29) is 0 Å². The van der Waals surface area contributed by atoms with Crippen LogP contribution in [0.3, 0.4) is 0 Å². The van der Waals surface area contributed by atoms with Gasteiger partial charge in [-0.2, -0.15) is 12.6 Å². The molecule has 0 radical (unpaired) electrons. The lowest BCUT2D eigenvalue weighted by atomic mass is 10.3. The average Bonchev–Trinajstić information content (AvgIpc) is 2.10. The molecule has 0 aliphatic carbocycles. The third kappa shape index (κ3) is 3.01. The largest absolute Gasteiger partial charge is 0.492 e. The number of hydrogen-bond acceptors (Lipinski definition) is 3. The van der Waals surface area contributed by atoms with Gasteiger partial charge in [0.05, 0.1) is 17.5 Å². The van der Waals surface area contributed by atoms with Gasteiger partial charge in [-0.15, -0.1) is 0 Å². The van der Waals surface area contributed by atoms with E-state index < -0.39 is 0 Å². The minimum Gasteiger partial charge on any atom is -0.492 e. The molecular weight excluding hydrogens is 206 g/mol. The summed E-state index contributed by atoms with van der Waals surface area (Å²) >= 11 is 10.0. The molecule has 0 aliphatic heterocycles. The highest BCUT2D eigenvalue weighted by atomic mass is 35.5. The Kier molecular flexibility index (Phi) is 4.25. The number of benzene rings is 1. The van der Waals surface area contributed by atoms with E-state index >= 15 is 0 Å². The van der Waals surface area contributed by atoms with Crippen molar-refractivity contribution < 1.29 is 4.74 Å². The standard InChI is InChI=1S/C9H12ClNOS/c1-2-12-9-4-3-7(11-6-13)5-8(9)10/h3-5,11,13H,2,6H2,1H3.